The highest BCUT2D eigenvalue weighted by atomic mass is 35.5. The maximum absolute atomic E-state index is 12.6. The molecule has 5 nitrogen and oxygen atoms in total. The van der Waals surface area contributed by atoms with Gasteiger partial charge in [-0.2, -0.15) is 0 Å². The summed E-state index contributed by atoms with van der Waals surface area (Å²) in [6.45, 7) is 4.62. The van der Waals surface area contributed by atoms with E-state index < -0.39 is 11.0 Å². The van der Waals surface area contributed by atoms with E-state index in [-0.39, 0.29) is 17.9 Å². The lowest BCUT2D eigenvalue weighted by Crippen LogP contribution is -2.79. The average Bonchev–Trinajstić information content (AvgIpc) is 2.85. The first-order valence-electron chi connectivity index (χ1n) is 6.71. The molecule has 3 rings (SSSR count). The summed E-state index contributed by atoms with van der Waals surface area (Å²) in [5, 5.41) is 3.30. The Kier molecular flexibility index (Phi) is 3.04. The molecule has 1 saturated carbocycles. The molecule has 1 saturated heterocycles. The topological polar surface area (TPSA) is 77.2 Å². The molecular weight excluding hydrogens is 278 g/mol. The zero-order chi connectivity index (χ0) is 14.5. The lowest BCUT2D eigenvalue weighted by atomic mass is 9.48. The number of carbonyl (C=O) groups excluding carboxylic acids is 1. The van der Waals surface area contributed by atoms with Crippen molar-refractivity contribution in [3.05, 3.63) is 23.4 Å². The lowest BCUT2D eigenvalue weighted by Gasteiger charge is -2.60. The fourth-order valence-electron chi connectivity index (χ4n) is 3.54. The number of ether oxygens (including phenoxy) is 1. The first-order chi connectivity index (χ1) is 9.37. The zero-order valence-corrected chi connectivity index (χ0v) is 12.3. The van der Waals surface area contributed by atoms with Crippen LogP contribution in [0.5, 0.6) is 0 Å². The van der Waals surface area contributed by atoms with E-state index in [1.807, 2.05) is 13.8 Å². The van der Waals surface area contributed by atoms with Crippen molar-refractivity contribution in [2.24, 2.45) is 17.1 Å². The monoisotopic (exact) mass is 295 g/mol. The molecule has 0 spiro atoms. The molecule has 1 aromatic rings. The van der Waals surface area contributed by atoms with Crippen molar-refractivity contribution in [2.45, 2.75) is 31.9 Å². The molecule has 0 aromatic carbocycles. The van der Waals surface area contributed by atoms with Gasteiger partial charge < -0.3 is 15.8 Å². The number of anilines is 1. The Morgan fingerprint density at radius 3 is 3.05 bits per heavy atom. The normalized spacial score (nSPS) is 34.2. The molecule has 1 amide bonds. The van der Waals surface area contributed by atoms with E-state index in [2.05, 4.69) is 10.3 Å². The van der Waals surface area contributed by atoms with Crippen LogP contribution in [0.25, 0.3) is 0 Å². The van der Waals surface area contributed by atoms with Gasteiger partial charge in [0.05, 0.1) is 6.10 Å². The lowest BCUT2D eigenvalue weighted by molar-refractivity contribution is -0.170. The van der Waals surface area contributed by atoms with Crippen LogP contribution in [0.3, 0.4) is 0 Å². The van der Waals surface area contributed by atoms with Crippen LogP contribution in [-0.4, -0.2) is 29.1 Å². The number of rotatable bonds is 2. The minimum absolute atomic E-state index is 0.0607. The summed E-state index contributed by atoms with van der Waals surface area (Å²) in [6, 6.07) is 3.26. The average molecular weight is 296 g/mol. The molecule has 0 radical (unpaired) electrons. The summed E-state index contributed by atoms with van der Waals surface area (Å²) in [5.41, 5.74) is 5.12. The summed E-state index contributed by atoms with van der Waals surface area (Å²) >= 11 is 5.89. The van der Waals surface area contributed by atoms with Gasteiger partial charge in [-0.1, -0.05) is 25.4 Å². The van der Waals surface area contributed by atoms with Crippen molar-refractivity contribution < 1.29 is 9.53 Å². The number of nitrogens with zero attached hydrogens (tertiary/aromatic N) is 1. The molecule has 1 aliphatic heterocycles. The van der Waals surface area contributed by atoms with Crippen LogP contribution in [0.1, 0.15) is 20.3 Å². The summed E-state index contributed by atoms with van der Waals surface area (Å²) < 4.78 is 5.69. The first kappa shape index (κ1) is 13.8. The number of nitrogens with one attached hydrogen (secondary N) is 1. The second-order valence-corrected chi connectivity index (χ2v) is 6.53. The Hall–Kier alpha value is -1.17. The van der Waals surface area contributed by atoms with Crippen LogP contribution in [0.15, 0.2) is 18.3 Å². The molecule has 2 fully saturated rings. The number of pyridine rings is 1. The molecule has 6 heteroatoms. The van der Waals surface area contributed by atoms with E-state index in [4.69, 9.17) is 22.1 Å². The molecule has 3 unspecified atom stereocenters. The number of amides is 1. The molecule has 2 aliphatic rings. The summed E-state index contributed by atoms with van der Waals surface area (Å²) in [4.78, 5) is 16.7. The number of aromatic nitrogens is 1. The Labute approximate surface area is 122 Å². The fourth-order valence-corrected chi connectivity index (χ4v) is 3.70. The minimum atomic E-state index is -0.932. The molecule has 2 heterocycles. The quantitative estimate of drug-likeness (QED) is 0.872. The number of hydrogen-bond donors (Lipinski definition) is 2. The Bertz CT molecular complexity index is 563. The molecule has 1 aromatic heterocycles. The van der Waals surface area contributed by atoms with Gasteiger partial charge in [-0.05, 0) is 18.6 Å². The van der Waals surface area contributed by atoms with Crippen molar-refractivity contribution in [1.82, 2.24) is 4.98 Å². The highest BCUT2D eigenvalue weighted by Crippen LogP contribution is 2.58. The minimum Gasteiger partial charge on any atom is -0.377 e. The summed E-state index contributed by atoms with van der Waals surface area (Å²) in [6.07, 6.45) is 2.43. The molecule has 0 bridgehead atoms. The van der Waals surface area contributed by atoms with E-state index in [0.717, 1.165) is 6.42 Å². The van der Waals surface area contributed by atoms with Crippen molar-refractivity contribution in [3.8, 4) is 0 Å². The van der Waals surface area contributed by atoms with E-state index in [9.17, 15) is 4.79 Å². The van der Waals surface area contributed by atoms with Gasteiger partial charge in [0, 0.05) is 29.2 Å². The number of hydrogen-bond acceptors (Lipinski definition) is 4. The number of halogens is 1. The van der Waals surface area contributed by atoms with Crippen LogP contribution >= 0.6 is 11.6 Å². The van der Waals surface area contributed by atoms with Crippen LogP contribution in [-0.2, 0) is 9.53 Å². The predicted molar refractivity (Wildman–Crippen MR) is 76.4 cm³/mol. The van der Waals surface area contributed by atoms with Crippen LogP contribution in [0, 0.1) is 11.3 Å². The number of carbonyl (C=O) groups is 1. The smallest absolute Gasteiger partial charge is 0.246 e. The Balaban J connectivity index is 1.83. The molecular formula is C14H18ClN3O2. The number of fused-ring (bicyclic) bond motifs is 1. The Morgan fingerprint density at radius 1 is 1.60 bits per heavy atom. The van der Waals surface area contributed by atoms with E-state index >= 15 is 0 Å². The third kappa shape index (κ3) is 1.70. The third-order valence-corrected chi connectivity index (χ3v) is 5.03. The fraction of sp³-hybridized carbons (Fsp3) is 0.571. The molecule has 3 N–H and O–H groups in total. The predicted octanol–water partition coefficient (Wildman–Crippen LogP) is 1.82. The zero-order valence-electron chi connectivity index (χ0n) is 11.5. The van der Waals surface area contributed by atoms with Crippen molar-refractivity contribution in [3.63, 3.8) is 0 Å². The van der Waals surface area contributed by atoms with Gasteiger partial charge in [0.1, 0.15) is 11.4 Å². The van der Waals surface area contributed by atoms with Crippen molar-refractivity contribution >= 4 is 23.3 Å². The van der Waals surface area contributed by atoms with Crippen molar-refractivity contribution in [1.29, 1.82) is 0 Å². The maximum atomic E-state index is 12.6. The molecule has 108 valence electrons. The number of nitrogens with two attached hydrogens (primary N) is 1. The van der Waals surface area contributed by atoms with Gasteiger partial charge in [0.15, 0.2) is 0 Å². The standard InChI is InChI=1S/C14H18ClN3O2/c1-13(2)11-9(4-6-20-11)14(13,16)12(19)18-10-7-8(15)3-5-17-10/h3,5,7,9,11H,4,6,16H2,1-2H3,(H,17,18,19). The second kappa shape index (κ2) is 4.41. The molecule has 20 heavy (non-hydrogen) atoms. The van der Waals surface area contributed by atoms with E-state index in [1.54, 1.807) is 18.3 Å². The van der Waals surface area contributed by atoms with Gasteiger partial charge in [0.2, 0.25) is 5.91 Å². The van der Waals surface area contributed by atoms with Gasteiger partial charge >= 0.3 is 0 Å². The van der Waals surface area contributed by atoms with E-state index in [1.165, 1.54) is 0 Å². The summed E-state index contributed by atoms with van der Waals surface area (Å²) in [5.74, 6) is 0.270. The molecule has 3 atom stereocenters. The van der Waals surface area contributed by atoms with Crippen LogP contribution < -0.4 is 11.1 Å². The van der Waals surface area contributed by atoms with Crippen molar-refractivity contribution in [2.75, 3.05) is 11.9 Å². The SMILES string of the molecule is CC1(C)C2OCCC2C1(N)C(=O)Nc1cc(Cl)ccn1. The largest absolute Gasteiger partial charge is 0.377 e. The third-order valence-electron chi connectivity index (χ3n) is 4.79. The molecule has 1 aliphatic carbocycles. The van der Waals surface area contributed by atoms with Gasteiger partial charge in [-0.15, -0.1) is 0 Å². The summed E-state index contributed by atoms with van der Waals surface area (Å²) in [7, 11) is 0. The van der Waals surface area contributed by atoms with Crippen LogP contribution in [0.2, 0.25) is 5.02 Å². The van der Waals surface area contributed by atoms with Gasteiger partial charge in [0.25, 0.3) is 0 Å². The second-order valence-electron chi connectivity index (χ2n) is 6.09. The highest BCUT2D eigenvalue weighted by molar-refractivity contribution is 6.30. The Morgan fingerprint density at radius 2 is 2.35 bits per heavy atom. The first-order valence-corrected chi connectivity index (χ1v) is 7.08. The maximum Gasteiger partial charge on any atom is 0.246 e. The van der Waals surface area contributed by atoms with Gasteiger partial charge in [-0.3, -0.25) is 4.79 Å². The highest BCUT2D eigenvalue weighted by Gasteiger charge is 2.71. The van der Waals surface area contributed by atoms with Gasteiger partial charge in [-0.25, -0.2) is 4.98 Å². The van der Waals surface area contributed by atoms with E-state index in [0.29, 0.717) is 17.4 Å². The van der Waals surface area contributed by atoms with Crippen LogP contribution in [0.4, 0.5) is 5.82 Å².